The lowest BCUT2D eigenvalue weighted by Crippen LogP contribution is -2.34. The van der Waals surface area contributed by atoms with Gasteiger partial charge < -0.3 is 10.7 Å². The van der Waals surface area contributed by atoms with Gasteiger partial charge in [0, 0.05) is 4.70 Å². The highest BCUT2D eigenvalue weighted by molar-refractivity contribution is 7.22. The molecule has 0 bridgehead atoms. The number of nitrogens with one attached hydrogen (secondary N) is 1. The molecule has 0 unspecified atom stereocenters. The molecule has 1 aliphatic rings. The molecule has 3 aromatic rings. The normalized spacial score (nSPS) is 17.9. The van der Waals surface area contributed by atoms with Crippen molar-refractivity contribution < 1.29 is 0 Å². The van der Waals surface area contributed by atoms with Crippen LogP contribution in [0.15, 0.2) is 36.5 Å². The zero-order valence-corrected chi connectivity index (χ0v) is 12.0. The third-order valence-electron chi connectivity index (χ3n) is 4.23. The van der Waals surface area contributed by atoms with E-state index in [0.717, 1.165) is 24.4 Å². The van der Waals surface area contributed by atoms with Crippen LogP contribution in [0.4, 0.5) is 0 Å². The van der Waals surface area contributed by atoms with E-state index in [1.807, 2.05) is 6.20 Å². The molecule has 0 aliphatic heterocycles. The van der Waals surface area contributed by atoms with Crippen molar-refractivity contribution in [2.45, 2.75) is 31.2 Å². The number of imidazole rings is 1. The van der Waals surface area contributed by atoms with Crippen LogP contribution in [0.1, 0.15) is 31.5 Å². The number of H-pyrrole nitrogens is 1. The Morgan fingerprint density at radius 2 is 2.00 bits per heavy atom. The summed E-state index contributed by atoms with van der Waals surface area (Å²) in [5.41, 5.74) is 7.30. The molecule has 1 fully saturated rings. The topological polar surface area (TPSA) is 54.7 Å². The van der Waals surface area contributed by atoms with Crippen LogP contribution >= 0.6 is 11.3 Å². The van der Waals surface area contributed by atoms with Crippen molar-refractivity contribution in [1.29, 1.82) is 0 Å². The molecule has 0 amide bonds. The second kappa shape index (κ2) is 4.43. The second-order valence-electron chi connectivity index (χ2n) is 5.66. The monoisotopic (exact) mass is 283 g/mol. The number of aromatic amines is 1. The van der Waals surface area contributed by atoms with Gasteiger partial charge in [-0.3, -0.25) is 0 Å². The summed E-state index contributed by atoms with van der Waals surface area (Å²) in [6, 6.07) is 10.7. The fourth-order valence-electron chi connectivity index (χ4n) is 3.06. The Morgan fingerprint density at radius 1 is 1.20 bits per heavy atom. The predicted molar refractivity (Wildman–Crippen MR) is 83.7 cm³/mol. The Morgan fingerprint density at radius 3 is 2.80 bits per heavy atom. The van der Waals surface area contributed by atoms with E-state index < -0.39 is 0 Å². The van der Waals surface area contributed by atoms with Gasteiger partial charge in [0.05, 0.1) is 22.3 Å². The van der Waals surface area contributed by atoms with Crippen molar-refractivity contribution in [2.24, 2.45) is 5.73 Å². The Balaban J connectivity index is 1.74. The highest BCUT2D eigenvalue weighted by Crippen LogP contribution is 2.37. The van der Waals surface area contributed by atoms with Gasteiger partial charge in [0.15, 0.2) is 0 Å². The van der Waals surface area contributed by atoms with E-state index in [0.29, 0.717) is 0 Å². The van der Waals surface area contributed by atoms with Gasteiger partial charge in [0.2, 0.25) is 0 Å². The maximum Gasteiger partial charge on any atom is 0.126 e. The molecule has 0 saturated heterocycles. The van der Waals surface area contributed by atoms with Gasteiger partial charge in [-0.25, -0.2) is 4.98 Å². The first-order valence-electron chi connectivity index (χ1n) is 7.08. The summed E-state index contributed by atoms with van der Waals surface area (Å²) in [7, 11) is 0. The summed E-state index contributed by atoms with van der Waals surface area (Å²) in [5, 5.41) is 1.28. The van der Waals surface area contributed by atoms with Gasteiger partial charge in [0.1, 0.15) is 5.82 Å². The molecule has 0 radical (unpaired) electrons. The van der Waals surface area contributed by atoms with Gasteiger partial charge in [-0.1, -0.05) is 31.0 Å². The second-order valence-corrected chi connectivity index (χ2v) is 6.74. The number of thiophene rings is 1. The van der Waals surface area contributed by atoms with Gasteiger partial charge in [-0.15, -0.1) is 11.3 Å². The van der Waals surface area contributed by atoms with E-state index in [-0.39, 0.29) is 5.54 Å². The fraction of sp³-hybridized carbons (Fsp3) is 0.312. The minimum absolute atomic E-state index is 0.241. The van der Waals surface area contributed by atoms with E-state index in [2.05, 4.69) is 40.3 Å². The molecule has 1 aromatic carbocycles. The molecule has 0 atom stereocenters. The molecular weight excluding hydrogens is 266 g/mol. The van der Waals surface area contributed by atoms with Crippen molar-refractivity contribution in [1.82, 2.24) is 9.97 Å². The number of benzene rings is 1. The maximum atomic E-state index is 6.46. The maximum absolute atomic E-state index is 6.46. The van der Waals surface area contributed by atoms with E-state index in [9.17, 15) is 0 Å². The van der Waals surface area contributed by atoms with Crippen LogP contribution in [-0.2, 0) is 5.54 Å². The number of aromatic nitrogens is 2. The van der Waals surface area contributed by atoms with Crippen LogP contribution in [0.5, 0.6) is 0 Å². The zero-order chi connectivity index (χ0) is 13.6. The largest absolute Gasteiger partial charge is 0.340 e. The molecule has 2 aromatic heterocycles. The molecule has 102 valence electrons. The lowest BCUT2D eigenvalue weighted by atomic mass is 9.99. The van der Waals surface area contributed by atoms with Crippen molar-refractivity contribution in [3.05, 3.63) is 42.4 Å². The minimum atomic E-state index is -0.241. The van der Waals surface area contributed by atoms with Crippen molar-refractivity contribution in [3.8, 4) is 10.6 Å². The summed E-state index contributed by atoms with van der Waals surface area (Å²) in [6.45, 7) is 0. The SMILES string of the molecule is NC1(c2ncc(-c3cc4ccccc4s3)[nH]2)CCCC1. The average molecular weight is 283 g/mol. The highest BCUT2D eigenvalue weighted by Gasteiger charge is 2.34. The third-order valence-corrected chi connectivity index (χ3v) is 5.38. The van der Waals surface area contributed by atoms with Gasteiger partial charge in [-0.05, 0) is 30.4 Å². The molecule has 4 rings (SSSR count). The quantitative estimate of drug-likeness (QED) is 0.746. The van der Waals surface area contributed by atoms with E-state index in [4.69, 9.17) is 5.73 Å². The van der Waals surface area contributed by atoms with Crippen LogP contribution < -0.4 is 5.73 Å². The molecule has 3 N–H and O–H groups in total. The fourth-order valence-corrected chi connectivity index (χ4v) is 4.08. The Hall–Kier alpha value is -1.65. The predicted octanol–water partition coefficient (Wildman–Crippen LogP) is 4.02. The molecule has 1 aliphatic carbocycles. The van der Waals surface area contributed by atoms with Crippen LogP contribution in [-0.4, -0.2) is 9.97 Å². The first kappa shape index (κ1) is 12.1. The van der Waals surface area contributed by atoms with Crippen LogP contribution in [0, 0.1) is 0 Å². The number of hydrogen-bond donors (Lipinski definition) is 2. The summed E-state index contributed by atoms with van der Waals surface area (Å²) < 4.78 is 1.31. The highest BCUT2D eigenvalue weighted by atomic mass is 32.1. The smallest absolute Gasteiger partial charge is 0.126 e. The zero-order valence-electron chi connectivity index (χ0n) is 11.2. The van der Waals surface area contributed by atoms with Gasteiger partial charge >= 0.3 is 0 Å². The molecule has 1 saturated carbocycles. The number of nitrogens with two attached hydrogens (primary N) is 1. The summed E-state index contributed by atoms with van der Waals surface area (Å²) >= 11 is 1.79. The summed E-state index contributed by atoms with van der Waals surface area (Å²) in [4.78, 5) is 9.22. The molecule has 4 heteroatoms. The summed E-state index contributed by atoms with van der Waals surface area (Å²) in [5.74, 6) is 0.947. The number of rotatable bonds is 2. The first-order chi connectivity index (χ1) is 9.74. The molecule has 3 nitrogen and oxygen atoms in total. The Kier molecular flexibility index (Phi) is 2.69. The molecule has 2 heterocycles. The van der Waals surface area contributed by atoms with E-state index >= 15 is 0 Å². The number of nitrogens with zero attached hydrogens (tertiary/aromatic N) is 1. The van der Waals surface area contributed by atoms with E-state index in [1.54, 1.807) is 11.3 Å². The Labute approximate surface area is 121 Å². The molecule has 20 heavy (non-hydrogen) atoms. The lowest BCUT2D eigenvalue weighted by Gasteiger charge is -2.20. The van der Waals surface area contributed by atoms with Crippen LogP contribution in [0.2, 0.25) is 0 Å². The first-order valence-corrected chi connectivity index (χ1v) is 7.90. The van der Waals surface area contributed by atoms with Crippen molar-refractivity contribution in [2.75, 3.05) is 0 Å². The van der Waals surface area contributed by atoms with Gasteiger partial charge in [-0.2, -0.15) is 0 Å². The Bertz CT molecular complexity index is 717. The number of fused-ring (bicyclic) bond motifs is 1. The van der Waals surface area contributed by atoms with E-state index in [1.165, 1.54) is 27.8 Å². The minimum Gasteiger partial charge on any atom is -0.340 e. The lowest BCUT2D eigenvalue weighted by molar-refractivity contribution is 0.436. The van der Waals surface area contributed by atoms with Gasteiger partial charge in [0.25, 0.3) is 0 Å². The van der Waals surface area contributed by atoms with Crippen molar-refractivity contribution >= 4 is 21.4 Å². The standard InChI is InChI=1S/C16H17N3S/c17-16(7-3-4-8-16)15-18-10-12(19-15)14-9-11-5-1-2-6-13(11)20-14/h1-2,5-6,9-10H,3-4,7-8,17H2,(H,18,19). The molecular formula is C16H17N3S. The van der Waals surface area contributed by atoms with Crippen molar-refractivity contribution in [3.63, 3.8) is 0 Å². The third kappa shape index (κ3) is 1.87. The van der Waals surface area contributed by atoms with Crippen LogP contribution in [0.25, 0.3) is 20.7 Å². The summed E-state index contributed by atoms with van der Waals surface area (Å²) in [6.07, 6.45) is 6.40. The molecule has 0 spiro atoms. The average Bonchev–Trinajstić information content (AvgIpc) is 3.17. The van der Waals surface area contributed by atoms with Crippen LogP contribution in [0.3, 0.4) is 0 Å². The number of hydrogen-bond acceptors (Lipinski definition) is 3.